The highest BCUT2D eigenvalue weighted by Gasteiger charge is 2.21. The minimum Gasteiger partial charge on any atom is -0.382 e. The normalized spacial score (nSPS) is 14.1. The third-order valence-corrected chi connectivity index (χ3v) is 3.03. The van der Waals surface area contributed by atoms with Gasteiger partial charge in [-0.05, 0) is 24.5 Å². The number of benzene rings is 1. The highest BCUT2D eigenvalue weighted by molar-refractivity contribution is 6.33. The fourth-order valence-electron chi connectivity index (χ4n) is 1.90. The van der Waals surface area contributed by atoms with Crippen LogP contribution in [0.1, 0.15) is 28.8 Å². The van der Waals surface area contributed by atoms with E-state index < -0.39 is 0 Å². The van der Waals surface area contributed by atoms with Crippen molar-refractivity contribution in [3.63, 3.8) is 0 Å². The molecule has 0 unspecified atom stereocenters. The molecule has 1 fully saturated rings. The molecule has 0 bridgehead atoms. The van der Waals surface area contributed by atoms with Crippen LogP contribution in [-0.4, -0.2) is 38.8 Å². The van der Waals surface area contributed by atoms with Gasteiger partial charge in [0.2, 0.25) is 0 Å². The summed E-state index contributed by atoms with van der Waals surface area (Å²) in [6.07, 6.45) is 2.43. The number of carbonyl (C=O) groups is 1. The summed E-state index contributed by atoms with van der Waals surface area (Å²) in [5, 5.41) is 3.37. The van der Waals surface area contributed by atoms with Gasteiger partial charge in [-0.1, -0.05) is 24.2 Å². The molecule has 1 N–H and O–H groups in total. The van der Waals surface area contributed by atoms with E-state index in [1.807, 2.05) is 20.0 Å². The van der Waals surface area contributed by atoms with Crippen LogP contribution in [0.2, 0.25) is 0 Å². The topological polar surface area (TPSA) is 32.3 Å². The summed E-state index contributed by atoms with van der Waals surface area (Å²) in [6.45, 7) is 4.06. The van der Waals surface area contributed by atoms with E-state index in [2.05, 4.69) is 18.0 Å². The first-order chi connectivity index (χ1) is 8.47. The van der Waals surface area contributed by atoms with Gasteiger partial charge in [0.1, 0.15) is 7.85 Å². The monoisotopic (exact) mass is 242 g/mol. The summed E-state index contributed by atoms with van der Waals surface area (Å²) < 4.78 is 0. The molecule has 94 valence electrons. The van der Waals surface area contributed by atoms with Crippen molar-refractivity contribution in [3.05, 3.63) is 35.9 Å². The average molecular weight is 242 g/mol. The molecule has 1 aromatic rings. The maximum absolute atomic E-state index is 12.0. The largest absolute Gasteiger partial charge is 0.382 e. The van der Waals surface area contributed by atoms with Crippen molar-refractivity contribution < 1.29 is 4.79 Å². The second-order valence-electron chi connectivity index (χ2n) is 5.18. The molecule has 3 nitrogen and oxygen atoms in total. The molecule has 0 saturated heterocycles. The number of hydrogen-bond acceptors (Lipinski definition) is 2. The smallest absolute Gasteiger partial charge is 0.253 e. The Balaban J connectivity index is 2.25. The molecular formula is C14H19BN2O. The molecule has 1 aromatic carbocycles. The van der Waals surface area contributed by atoms with E-state index in [4.69, 9.17) is 0 Å². The Morgan fingerprint density at radius 3 is 2.50 bits per heavy atom. The highest BCUT2D eigenvalue weighted by atomic mass is 16.2. The molecule has 0 spiro atoms. The van der Waals surface area contributed by atoms with Crippen LogP contribution in [0, 0.1) is 0 Å². The number of hydrogen-bond donors (Lipinski definition) is 1. The minimum atomic E-state index is 0.0270. The van der Waals surface area contributed by atoms with Gasteiger partial charge in [-0.3, -0.25) is 4.79 Å². The molecule has 1 aliphatic carbocycles. The zero-order valence-corrected chi connectivity index (χ0v) is 11.3. The lowest BCUT2D eigenvalue weighted by atomic mass is 9.91. The fraction of sp³-hybridized carbons (Fsp3) is 0.357. The Hall–Kier alpha value is -1.71. The Morgan fingerprint density at radius 1 is 1.33 bits per heavy atom. The lowest BCUT2D eigenvalue weighted by molar-refractivity contribution is 0.0827. The van der Waals surface area contributed by atoms with Crippen molar-refractivity contribution >= 4 is 24.9 Å². The second-order valence-corrected chi connectivity index (χ2v) is 5.18. The van der Waals surface area contributed by atoms with Crippen LogP contribution in [0.5, 0.6) is 0 Å². The first-order valence-electron chi connectivity index (χ1n) is 6.26. The van der Waals surface area contributed by atoms with Gasteiger partial charge < -0.3 is 10.2 Å². The van der Waals surface area contributed by atoms with E-state index in [0.29, 0.717) is 11.6 Å². The Bertz CT molecular complexity index is 493. The summed E-state index contributed by atoms with van der Waals surface area (Å²) in [5.74, 6) is 0.0270. The average Bonchev–Trinajstić information content (AvgIpc) is 3.10. The fourth-order valence-corrected chi connectivity index (χ4v) is 1.90. The molecule has 0 heterocycles. The lowest BCUT2D eigenvalue weighted by Gasteiger charge is -2.14. The summed E-state index contributed by atoms with van der Waals surface area (Å²) in [6, 6.07) is 6.46. The molecule has 0 aromatic heterocycles. The summed E-state index contributed by atoms with van der Waals surface area (Å²) >= 11 is 0. The van der Waals surface area contributed by atoms with Gasteiger partial charge in [0.15, 0.2) is 0 Å². The SMILES string of the molecule is Bc1cc(C(=C)NC2CC2)cc(C(=O)N(C)C)c1. The molecule has 1 aliphatic rings. The van der Waals surface area contributed by atoms with Crippen LogP contribution in [0.15, 0.2) is 24.8 Å². The number of rotatable bonds is 4. The molecule has 4 heteroatoms. The van der Waals surface area contributed by atoms with Gasteiger partial charge >= 0.3 is 0 Å². The van der Waals surface area contributed by atoms with Crippen LogP contribution in [-0.2, 0) is 0 Å². The Kier molecular flexibility index (Phi) is 3.46. The number of carbonyl (C=O) groups excluding carboxylic acids is 1. The maximum Gasteiger partial charge on any atom is 0.253 e. The van der Waals surface area contributed by atoms with Crippen LogP contribution in [0.3, 0.4) is 0 Å². The molecule has 1 saturated carbocycles. The molecule has 0 atom stereocenters. The molecule has 0 radical (unpaired) electrons. The molecular weight excluding hydrogens is 223 g/mol. The summed E-state index contributed by atoms with van der Waals surface area (Å²) in [5.41, 5.74) is 3.71. The van der Waals surface area contributed by atoms with Crippen LogP contribution >= 0.6 is 0 Å². The highest BCUT2D eigenvalue weighted by Crippen LogP contribution is 2.23. The van der Waals surface area contributed by atoms with Crippen molar-refractivity contribution in [1.82, 2.24) is 10.2 Å². The first kappa shape index (κ1) is 12.7. The summed E-state index contributed by atoms with van der Waals surface area (Å²) in [7, 11) is 5.53. The van der Waals surface area contributed by atoms with Gasteiger partial charge in [-0.2, -0.15) is 0 Å². The lowest BCUT2D eigenvalue weighted by Crippen LogP contribution is -2.24. The van der Waals surface area contributed by atoms with Crippen LogP contribution in [0.4, 0.5) is 0 Å². The quantitative estimate of drug-likeness (QED) is 0.774. The van der Waals surface area contributed by atoms with E-state index in [-0.39, 0.29) is 5.91 Å². The van der Waals surface area contributed by atoms with Crippen molar-refractivity contribution in [3.8, 4) is 0 Å². The zero-order valence-electron chi connectivity index (χ0n) is 11.3. The van der Waals surface area contributed by atoms with Crippen LogP contribution < -0.4 is 10.8 Å². The number of nitrogens with zero attached hydrogens (tertiary/aromatic N) is 1. The summed E-state index contributed by atoms with van der Waals surface area (Å²) in [4.78, 5) is 13.6. The molecule has 1 amide bonds. The van der Waals surface area contributed by atoms with Gasteiger partial charge in [0, 0.05) is 31.4 Å². The predicted molar refractivity (Wildman–Crippen MR) is 77.8 cm³/mol. The first-order valence-corrected chi connectivity index (χ1v) is 6.26. The van der Waals surface area contributed by atoms with Crippen molar-refractivity contribution in [2.45, 2.75) is 18.9 Å². The van der Waals surface area contributed by atoms with E-state index in [0.717, 1.165) is 16.7 Å². The molecule has 18 heavy (non-hydrogen) atoms. The standard InChI is InChI=1S/C14H19BN2O/c1-9(16-13-4-5-13)10-6-11(8-12(15)7-10)14(18)17(2)3/h6-8,13,16H,1,4-5,15H2,2-3H3. The molecule has 2 rings (SSSR count). The number of amides is 1. The van der Waals surface area contributed by atoms with Gasteiger partial charge in [0.05, 0.1) is 0 Å². The van der Waals surface area contributed by atoms with Crippen molar-refractivity contribution in [2.75, 3.05) is 14.1 Å². The van der Waals surface area contributed by atoms with E-state index >= 15 is 0 Å². The predicted octanol–water partition coefficient (Wildman–Crippen LogP) is 0.369. The van der Waals surface area contributed by atoms with Crippen molar-refractivity contribution in [1.29, 1.82) is 0 Å². The molecule has 0 aliphatic heterocycles. The van der Waals surface area contributed by atoms with E-state index in [1.165, 1.54) is 12.8 Å². The number of nitrogens with one attached hydrogen (secondary N) is 1. The third kappa shape index (κ3) is 2.94. The van der Waals surface area contributed by atoms with Gasteiger partial charge in [-0.25, -0.2) is 0 Å². The zero-order chi connectivity index (χ0) is 13.3. The third-order valence-electron chi connectivity index (χ3n) is 3.03. The second kappa shape index (κ2) is 4.88. The van der Waals surface area contributed by atoms with E-state index in [9.17, 15) is 4.79 Å². The van der Waals surface area contributed by atoms with Gasteiger partial charge in [-0.15, -0.1) is 0 Å². The Morgan fingerprint density at radius 2 is 1.94 bits per heavy atom. The van der Waals surface area contributed by atoms with E-state index in [1.54, 1.807) is 19.0 Å². The van der Waals surface area contributed by atoms with Crippen LogP contribution in [0.25, 0.3) is 5.70 Å². The Labute approximate surface area is 109 Å². The minimum absolute atomic E-state index is 0.0270. The van der Waals surface area contributed by atoms with Gasteiger partial charge in [0.25, 0.3) is 5.91 Å². The van der Waals surface area contributed by atoms with Crippen molar-refractivity contribution in [2.24, 2.45) is 0 Å². The maximum atomic E-state index is 12.0.